The molecule has 0 aliphatic carbocycles. The molecule has 0 saturated carbocycles. The lowest BCUT2D eigenvalue weighted by Gasteiger charge is -2.23. The lowest BCUT2D eigenvalue weighted by atomic mass is 10.1. The summed E-state index contributed by atoms with van der Waals surface area (Å²) in [5.41, 5.74) is 2.10. The molecule has 0 aromatic heterocycles. The first-order valence-electron chi connectivity index (χ1n) is 11.3. The summed E-state index contributed by atoms with van der Waals surface area (Å²) in [7, 11) is -2.21. The van der Waals surface area contributed by atoms with Gasteiger partial charge in [-0.15, -0.1) is 0 Å². The van der Waals surface area contributed by atoms with Crippen molar-refractivity contribution in [2.45, 2.75) is 37.3 Å². The van der Waals surface area contributed by atoms with Crippen LogP contribution in [0.4, 0.5) is 5.69 Å². The van der Waals surface area contributed by atoms with Crippen molar-refractivity contribution in [2.24, 2.45) is 0 Å². The molecule has 0 bridgehead atoms. The SMILES string of the molecule is CCC1Oc2ccc(NS(=O)(=O)c3cccc(Cl)c3)cc2CN(CCc2ccccc2OC)C1=O. The number of halogens is 1. The molecular formula is C26H27ClN2O5S. The fourth-order valence-electron chi connectivity index (χ4n) is 4.03. The van der Waals surface area contributed by atoms with Crippen molar-refractivity contribution in [3.05, 3.63) is 82.9 Å². The molecular weight excluding hydrogens is 488 g/mol. The predicted molar refractivity (Wildman–Crippen MR) is 136 cm³/mol. The lowest BCUT2D eigenvalue weighted by Crippen LogP contribution is -2.40. The summed E-state index contributed by atoms with van der Waals surface area (Å²) in [4.78, 5) is 15.0. The Bertz CT molecular complexity index is 1330. The summed E-state index contributed by atoms with van der Waals surface area (Å²) in [5, 5.41) is 0.331. The number of hydrogen-bond acceptors (Lipinski definition) is 5. The Kier molecular flexibility index (Phi) is 7.52. The van der Waals surface area contributed by atoms with Crippen molar-refractivity contribution in [1.29, 1.82) is 0 Å². The van der Waals surface area contributed by atoms with Crippen molar-refractivity contribution in [2.75, 3.05) is 18.4 Å². The van der Waals surface area contributed by atoms with Gasteiger partial charge in [0, 0.05) is 29.4 Å². The van der Waals surface area contributed by atoms with Gasteiger partial charge in [0.05, 0.1) is 12.0 Å². The van der Waals surface area contributed by atoms with E-state index in [1.807, 2.05) is 31.2 Å². The van der Waals surface area contributed by atoms with Crippen LogP contribution >= 0.6 is 11.6 Å². The molecule has 0 radical (unpaired) electrons. The third-order valence-electron chi connectivity index (χ3n) is 5.85. The molecule has 4 rings (SSSR count). The van der Waals surface area contributed by atoms with Crippen LogP contribution in [0.25, 0.3) is 0 Å². The Labute approximate surface area is 210 Å². The maximum Gasteiger partial charge on any atom is 0.263 e. The summed E-state index contributed by atoms with van der Waals surface area (Å²) >= 11 is 5.96. The fraction of sp³-hybridized carbons (Fsp3) is 0.269. The highest BCUT2D eigenvalue weighted by molar-refractivity contribution is 7.92. The molecule has 1 aliphatic heterocycles. The minimum Gasteiger partial charge on any atom is -0.496 e. The zero-order valence-corrected chi connectivity index (χ0v) is 21.1. The molecule has 184 valence electrons. The van der Waals surface area contributed by atoms with E-state index in [2.05, 4.69) is 4.72 Å². The van der Waals surface area contributed by atoms with Crippen LogP contribution in [0, 0.1) is 0 Å². The van der Waals surface area contributed by atoms with Gasteiger partial charge < -0.3 is 14.4 Å². The molecule has 1 atom stereocenters. The number of rotatable bonds is 8. The Morgan fingerprint density at radius 2 is 1.91 bits per heavy atom. The monoisotopic (exact) mass is 514 g/mol. The molecule has 9 heteroatoms. The average molecular weight is 515 g/mol. The van der Waals surface area contributed by atoms with Crippen molar-refractivity contribution in [1.82, 2.24) is 4.90 Å². The molecule has 0 saturated heterocycles. The van der Waals surface area contributed by atoms with E-state index in [0.29, 0.717) is 42.4 Å². The second-order valence-electron chi connectivity index (χ2n) is 8.22. The normalized spacial score (nSPS) is 15.7. The third-order valence-corrected chi connectivity index (χ3v) is 7.47. The molecule has 3 aromatic carbocycles. The van der Waals surface area contributed by atoms with Crippen molar-refractivity contribution < 1.29 is 22.7 Å². The molecule has 0 spiro atoms. The number of carbonyl (C=O) groups excluding carboxylic acids is 1. The maximum atomic E-state index is 13.2. The van der Waals surface area contributed by atoms with E-state index in [9.17, 15) is 13.2 Å². The molecule has 7 nitrogen and oxygen atoms in total. The van der Waals surface area contributed by atoms with Crippen LogP contribution in [0.5, 0.6) is 11.5 Å². The molecule has 1 unspecified atom stereocenters. The van der Waals surface area contributed by atoms with E-state index in [1.54, 1.807) is 42.3 Å². The minimum absolute atomic E-state index is 0.0656. The van der Waals surface area contributed by atoms with Crippen LogP contribution in [0.15, 0.2) is 71.6 Å². The van der Waals surface area contributed by atoms with Crippen LogP contribution in [0.2, 0.25) is 5.02 Å². The number of ether oxygens (including phenoxy) is 2. The first kappa shape index (κ1) is 24.9. The summed E-state index contributed by atoms with van der Waals surface area (Å²) in [6.07, 6.45) is 0.526. The van der Waals surface area contributed by atoms with E-state index in [0.717, 1.165) is 16.9 Å². The molecule has 0 fully saturated rings. The summed E-state index contributed by atoms with van der Waals surface area (Å²) in [5.74, 6) is 1.24. The van der Waals surface area contributed by atoms with Crippen LogP contribution in [0.1, 0.15) is 24.5 Å². The van der Waals surface area contributed by atoms with Crippen LogP contribution in [-0.4, -0.2) is 39.0 Å². The highest BCUT2D eigenvalue weighted by Gasteiger charge is 2.30. The zero-order chi connectivity index (χ0) is 25.0. The smallest absolute Gasteiger partial charge is 0.263 e. The van der Waals surface area contributed by atoms with Gasteiger partial charge in [-0.1, -0.05) is 42.8 Å². The number of benzene rings is 3. The van der Waals surface area contributed by atoms with Crippen LogP contribution in [0.3, 0.4) is 0 Å². The molecule has 1 amide bonds. The van der Waals surface area contributed by atoms with Crippen molar-refractivity contribution >= 4 is 33.2 Å². The number of nitrogens with zero attached hydrogens (tertiary/aromatic N) is 1. The Balaban J connectivity index is 1.58. The topological polar surface area (TPSA) is 84.9 Å². The number of nitrogens with one attached hydrogen (secondary N) is 1. The van der Waals surface area contributed by atoms with Gasteiger partial charge in [-0.05, 0) is 60.9 Å². The first-order valence-corrected chi connectivity index (χ1v) is 13.2. The van der Waals surface area contributed by atoms with Crippen molar-refractivity contribution in [3.63, 3.8) is 0 Å². The second kappa shape index (κ2) is 10.6. The minimum atomic E-state index is -3.83. The number of fused-ring (bicyclic) bond motifs is 1. The van der Waals surface area contributed by atoms with Gasteiger partial charge in [0.25, 0.3) is 15.9 Å². The lowest BCUT2D eigenvalue weighted by molar-refractivity contribution is -0.138. The molecule has 35 heavy (non-hydrogen) atoms. The van der Waals surface area contributed by atoms with Gasteiger partial charge in [-0.3, -0.25) is 9.52 Å². The average Bonchev–Trinajstić information content (AvgIpc) is 2.98. The quantitative estimate of drug-likeness (QED) is 0.462. The molecule has 1 aliphatic rings. The van der Waals surface area contributed by atoms with E-state index >= 15 is 0 Å². The number of hydrogen-bond donors (Lipinski definition) is 1. The largest absolute Gasteiger partial charge is 0.496 e. The van der Waals surface area contributed by atoms with Crippen LogP contribution in [-0.2, 0) is 27.8 Å². The number of para-hydroxylation sites is 1. The number of sulfonamides is 1. The van der Waals surface area contributed by atoms with Gasteiger partial charge in [-0.2, -0.15) is 0 Å². The maximum absolute atomic E-state index is 13.2. The van der Waals surface area contributed by atoms with Gasteiger partial charge in [0.15, 0.2) is 6.10 Å². The van der Waals surface area contributed by atoms with Crippen molar-refractivity contribution in [3.8, 4) is 11.5 Å². The first-order chi connectivity index (χ1) is 16.8. The summed E-state index contributed by atoms with van der Waals surface area (Å²) < 4.78 is 39.7. The third kappa shape index (κ3) is 5.71. The highest BCUT2D eigenvalue weighted by Crippen LogP contribution is 2.31. The molecule has 1 N–H and O–H groups in total. The Morgan fingerprint density at radius 1 is 1.11 bits per heavy atom. The second-order valence-corrected chi connectivity index (χ2v) is 10.3. The van der Waals surface area contributed by atoms with Gasteiger partial charge in [0.1, 0.15) is 11.5 Å². The highest BCUT2D eigenvalue weighted by atomic mass is 35.5. The predicted octanol–water partition coefficient (Wildman–Crippen LogP) is 4.89. The fourth-order valence-corrected chi connectivity index (χ4v) is 5.38. The van der Waals surface area contributed by atoms with Gasteiger partial charge >= 0.3 is 0 Å². The number of carbonyl (C=O) groups is 1. The summed E-state index contributed by atoms with van der Waals surface area (Å²) in [6, 6.07) is 18.8. The van der Waals surface area contributed by atoms with E-state index in [1.165, 1.54) is 12.1 Å². The van der Waals surface area contributed by atoms with Crippen LogP contribution < -0.4 is 14.2 Å². The Morgan fingerprint density at radius 3 is 2.66 bits per heavy atom. The Hall–Kier alpha value is -3.23. The van der Waals surface area contributed by atoms with Gasteiger partial charge in [0.2, 0.25) is 0 Å². The zero-order valence-electron chi connectivity index (χ0n) is 19.5. The number of methoxy groups -OCH3 is 1. The van der Waals surface area contributed by atoms with E-state index in [4.69, 9.17) is 21.1 Å². The number of amides is 1. The molecule has 3 aromatic rings. The standard InChI is InChI=1S/C26H27ClN2O5S/c1-3-23-26(30)29(14-13-18-7-4-5-10-24(18)33-2)17-19-15-21(11-12-25(19)34-23)28-35(31,32)22-9-6-8-20(27)16-22/h4-12,15-16,23,28H,3,13-14,17H2,1-2H3. The van der Waals surface area contributed by atoms with E-state index < -0.39 is 16.1 Å². The van der Waals surface area contributed by atoms with E-state index in [-0.39, 0.29) is 10.8 Å². The summed E-state index contributed by atoms with van der Waals surface area (Å²) in [6.45, 7) is 2.67. The number of anilines is 1. The van der Waals surface area contributed by atoms with Gasteiger partial charge in [-0.25, -0.2) is 8.42 Å². The molecule has 1 heterocycles.